The van der Waals surface area contributed by atoms with Crippen molar-refractivity contribution in [3.63, 3.8) is 0 Å². The van der Waals surface area contributed by atoms with Crippen molar-refractivity contribution >= 4 is 5.91 Å². The first-order valence-corrected chi connectivity index (χ1v) is 6.37. The summed E-state index contributed by atoms with van der Waals surface area (Å²) in [6.07, 6.45) is 1.06. The Hall–Kier alpha value is -1.81. The zero-order valence-corrected chi connectivity index (χ0v) is 11.8. The number of hydrogen-bond acceptors (Lipinski definition) is 3. The number of nitrogens with two attached hydrogens (primary N) is 1. The second kappa shape index (κ2) is 6.95. The molecule has 1 rings (SSSR count). The number of aryl methyl sites for hydroxylation is 1. The highest BCUT2D eigenvalue weighted by molar-refractivity contribution is 5.80. The standard InChI is InChI=1S/C15H22N2O2/c1-5-8-17-15(18)12(4)19-14-7-6-10(2)9-13(14)11(3)16/h5-7,9,11-12H,1,8,16H2,2-4H3,(H,17,18). The van der Waals surface area contributed by atoms with Crippen LogP contribution in [0.2, 0.25) is 0 Å². The second-order valence-corrected chi connectivity index (χ2v) is 4.62. The summed E-state index contributed by atoms with van der Waals surface area (Å²) in [7, 11) is 0. The summed E-state index contributed by atoms with van der Waals surface area (Å²) in [5, 5.41) is 2.70. The van der Waals surface area contributed by atoms with Gasteiger partial charge in [0.1, 0.15) is 5.75 Å². The van der Waals surface area contributed by atoms with E-state index in [4.69, 9.17) is 10.5 Å². The first-order chi connectivity index (χ1) is 8.95. The molecule has 0 spiro atoms. The van der Waals surface area contributed by atoms with Crippen LogP contribution in [0, 0.1) is 6.92 Å². The van der Waals surface area contributed by atoms with Gasteiger partial charge in [-0.1, -0.05) is 23.8 Å². The smallest absolute Gasteiger partial charge is 0.261 e. The monoisotopic (exact) mass is 262 g/mol. The van der Waals surface area contributed by atoms with Crippen molar-refractivity contribution in [2.75, 3.05) is 6.54 Å². The number of hydrogen-bond donors (Lipinski definition) is 2. The normalized spacial score (nSPS) is 13.5. The lowest BCUT2D eigenvalue weighted by atomic mass is 10.1. The highest BCUT2D eigenvalue weighted by Crippen LogP contribution is 2.25. The number of carbonyl (C=O) groups is 1. The summed E-state index contributed by atoms with van der Waals surface area (Å²) in [5.41, 5.74) is 7.94. The topological polar surface area (TPSA) is 64.3 Å². The summed E-state index contributed by atoms with van der Waals surface area (Å²) in [5.74, 6) is 0.484. The highest BCUT2D eigenvalue weighted by Gasteiger charge is 2.16. The predicted octanol–water partition coefficient (Wildman–Crippen LogP) is 2.08. The third-order valence-electron chi connectivity index (χ3n) is 2.75. The minimum Gasteiger partial charge on any atom is -0.481 e. The van der Waals surface area contributed by atoms with Gasteiger partial charge in [0, 0.05) is 18.2 Å². The molecule has 1 amide bonds. The lowest BCUT2D eigenvalue weighted by Gasteiger charge is -2.19. The lowest BCUT2D eigenvalue weighted by Crippen LogP contribution is -2.36. The molecule has 4 nitrogen and oxygen atoms in total. The Balaban J connectivity index is 2.81. The van der Waals surface area contributed by atoms with Crippen molar-refractivity contribution in [1.29, 1.82) is 0 Å². The Labute approximate surface area is 114 Å². The summed E-state index contributed by atoms with van der Waals surface area (Å²) in [6, 6.07) is 5.63. The maximum absolute atomic E-state index is 11.7. The fourth-order valence-electron chi connectivity index (χ4n) is 1.69. The van der Waals surface area contributed by atoms with E-state index in [-0.39, 0.29) is 11.9 Å². The van der Waals surface area contributed by atoms with Crippen LogP contribution in [0.25, 0.3) is 0 Å². The van der Waals surface area contributed by atoms with Crippen LogP contribution in [0.4, 0.5) is 0 Å². The fraction of sp³-hybridized carbons (Fsp3) is 0.400. The Morgan fingerprint density at radius 1 is 1.53 bits per heavy atom. The number of ether oxygens (including phenoxy) is 1. The van der Waals surface area contributed by atoms with Gasteiger partial charge in [0.05, 0.1) is 0 Å². The van der Waals surface area contributed by atoms with E-state index in [1.165, 1.54) is 0 Å². The Morgan fingerprint density at radius 3 is 2.79 bits per heavy atom. The number of amides is 1. The number of benzene rings is 1. The van der Waals surface area contributed by atoms with Crippen LogP contribution in [0.1, 0.15) is 31.0 Å². The summed E-state index contributed by atoms with van der Waals surface area (Å²) >= 11 is 0. The largest absolute Gasteiger partial charge is 0.481 e. The summed E-state index contributed by atoms with van der Waals surface area (Å²) in [6.45, 7) is 9.58. The fourth-order valence-corrected chi connectivity index (χ4v) is 1.69. The molecule has 0 aliphatic carbocycles. The zero-order chi connectivity index (χ0) is 14.4. The van der Waals surface area contributed by atoms with E-state index in [2.05, 4.69) is 11.9 Å². The maximum Gasteiger partial charge on any atom is 0.261 e. The number of carbonyl (C=O) groups excluding carboxylic acids is 1. The molecule has 0 radical (unpaired) electrons. The van der Waals surface area contributed by atoms with Gasteiger partial charge in [-0.15, -0.1) is 6.58 Å². The van der Waals surface area contributed by atoms with E-state index in [1.807, 2.05) is 32.0 Å². The number of rotatable bonds is 6. The Morgan fingerprint density at radius 2 is 2.21 bits per heavy atom. The van der Waals surface area contributed by atoms with E-state index >= 15 is 0 Å². The van der Waals surface area contributed by atoms with Crippen LogP contribution >= 0.6 is 0 Å². The van der Waals surface area contributed by atoms with Gasteiger partial charge in [-0.05, 0) is 26.8 Å². The van der Waals surface area contributed by atoms with Crippen LogP contribution in [0.3, 0.4) is 0 Å². The van der Waals surface area contributed by atoms with E-state index < -0.39 is 6.10 Å². The average molecular weight is 262 g/mol. The van der Waals surface area contributed by atoms with Gasteiger partial charge < -0.3 is 15.8 Å². The van der Waals surface area contributed by atoms with Crippen molar-refractivity contribution in [2.24, 2.45) is 5.73 Å². The van der Waals surface area contributed by atoms with Crippen molar-refractivity contribution in [1.82, 2.24) is 5.32 Å². The molecule has 0 saturated carbocycles. The van der Waals surface area contributed by atoms with Crippen LogP contribution in [0.15, 0.2) is 30.9 Å². The molecule has 1 aromatic carbocycles. The Kier molecular flexibility index (Phi) is 5.57. The summed E-state index contributed by atoms with van der Waals surface area (Å²) in [4.78, 5) is 11.7. The minimum atomic E-state index is -0.569. The molecular weight excluding hydrogens is 240 g/mol. The average Bonchev–Trinajstić information content (AvgIpc) is 2.37. The lowest BCUT2D eigenvalue weighted by molar-refractivity contribution is -0.127. The van der Waals surface area contributed by atoms with Gasteiger partial charge in [0.25, 0.3) is 5.91 Å². The molecule has 0 aliphatic rings. The van der Waals surface area contributed by atoms with Crippen molar-refractivity contribution < 1.29 is 9.53 Å². The zero-order valence-electron chi connectivity index (χ0n) is 11.8. The molecule has 4 heteroatoms. The number of nitrogens with one attached hydrogen (secondary N) is 1. The van der Waals surface area contributed by atoms with Gasteiger partial charge in [-0.2, -0.15) is 0 Å². The van der Waals surface area contributed by atoms with Gasteiger partial charge >= 0.3 is 0 Å². The van der Waals surface area contributed by atoms with Crippen LogP contribution in [0.5, 0.6) is 5.75 Å². The van der Waals surface area contributed by atoms with Gasteiger partial charge in [0.2, 0.25) is 0 Å². The Bertz CT molecular complexity index is 455. The molecule has 3 N–H and O–H groups in total. The summed E-state index contributed by atoms with van der Waals surface area (Å²) < 4.78 is 5.69. The van der Waals surface area contributed by atoms with Gasteiger partial charge in [0.15, 0.2) is 6.10 Å². The first-order valence-electron chi connectivity index (χ1n) is 6.37. The highest BCUT2D eigenvalue weighted by atomic mass is 16.5. The quantitative estimate of drug-likeness (QED) is 0.771. The van der Waals surface area contributed by atoms with E-state index in [1.54, 1.807) is 13.0 Å². The molecule has 1 aromatic rings. The maximum atomic E-state index is 11.7. The van der Waals surface area contributed by atoms with E-state index in [0.717, 1.165) is 11.1 Å². The molecule has 0 aliphatic heterocycles. The molecule has 0 bridgehead atoms. The molecule has 0 heterocycles. The van der Waals surface area contributed by atoms with Crippen LogP contribution in [-0.4, -0.2) is 18.6 Å². The van der Waals surface area contributed by atoms with E-state index in [0.29, 0.717) is 12.3 Å². The molecule has 0 saturated heterocycles. The molecule has 19 heavy (non-hydrogen) atoms. The SMILES string of the molecule is C=CCNC(=O)C(C)Oc1ccc(C)cc1C(C)N. The second-order valence-electron chi connectivity index (χ2n) is 4.62. The van der Waals surface area contributed by atoms with Crippen LogP contribution < -0.4 is 15.8 Å². The third-order valence-corrected chi connectivity index (χ3v) is 2.75. The molecule has 0 aromatic heterocycles. The van der Waals surface area contributed by atoms with Crippen molar-refractivity contribution in [3.8, 4) is 5.75 Å². The predicted molar refractivity (Wildman–Crippen MR) is 77.1 cm³/mol. The van der Waals surface area contributed by atoms with Crippen LogP contribution in [-0.2, 0) is 4.79 Å². The molecule has 2 atom stereocenters. The van der Waals surface area contributed by atoms with Crippen molar-refractivity contribution in [3.05, 3.63) is 42.0 Å². The first kappa shape index (κ1) is 15.2. The minimum absolute atomic E-state index is 0.140. The van der Waals surface area contributed by atoms with Gasteiger partial charge in [-0.3, -0.25) is 4.79 Å². The molecule has 0 fully saturated rings. The molecular formula is C15H22N2O2. The van der Waals surface area contributed by atoms with Gasteiger partial charge in [-0.25, -0.2) is 0 Å². The molecule has 2 unspecified atom stereocenters. The van der Waals surface area contributed by atoms with Crippen molar-refractivity contribution in [2.45, 2.75) is 32.9 Å². The van der Waals surface area contributed by atoms with E-state index in [9.17, 15) is 4.79 Å². The molecule has 104 valence electrons. The third kappa shape index (κ3) is 4.41.